The van der Waals surface area contributed by atoms with E-state index >= 15 is 0 Å². The largest absolute Gasteiger partial charge is 0.300 e. The fourth-order valence-electron chi connectivity index (χ4n) is 2.25. The van der Waals surface area contributed by atoms with Crippen LogP contribution >= 0.6 is 39.1 Å². The number of benzene rings is 2. The molecule has 0 spiro atoms. The van der Waals surface area contributed by atoms with Crippen molar-refractivity contribution < 1.29 is 9.59 Å². The molecular formula is C15H8BrCl2NO2. The lowest BCUT2D eigenvalue weighted by Gasteiger charge is -2.17. The van der Waals surface area contributed by atoms with Crippen LogP contribution in [0.3, 0.4) is 0 Å². The molecule has 3 rings (SSSR count). The van der Waals surface area contributed by atoms with E-state index in [4.69, 9.17) is 23.2 Å². The number of amides is 1. The average molecular weight is 385 g/mol. The summed E-state index contributed by atoms with van der Waals surface area (Å²) in [4.78, 5) is 25.6. The number of fused-ring (bicyclic) bond motifs is 1. The van der Waals surface area contributed by atoms with E-state index in [0.29, 0.717) is 21.3 Å². The van der Waals surface area contributed by atoms with Crippen LogP contribution in [-0.4, -0.2) is 11.7 Å². The van der Waals surface area contributed by atoms with Gasteiger partial charge in [0.25, 0.3) is 11.7 Å². The van der Waals surface area contributed by atoms with Crippen molar-refractivity contribution in [2.24, 2.45) is 0 Å². The van der Waals surface area contributed by atoms with Crippen molar-refractivity contribution in [1.29, 1.82) is 0 Å². The quantitative estimate of drug-likeness (QED) is 0.715. The van der Waals surface area contributed by atoms with E-state index < -0.39 is 11.7 Å². The van der Waals surface area contributed by atoms with Gasteiger partial charge < -0.3 is 4.90 Å². The Hall–Kier alpha value is -1.36. The molecule has 1 amide bonds. The van der Waals surface area contributed by atoms with E-state index in [1.807, 2.05) is 12.1 Å². The van der Waals surface area contributed by atoms with Crippen LogP contribution < -0.4 is 4.90 Å². The van der Waals surface area contributed by atoms with E-state index in [1.54, 1.807) is 18.2 Å². The molecule has 3 nitrogen and oxygen atoms in total. The van der Waals surface area contributed by atoms with Crippen molar-refractivity contribution in [2.75, 3.05) is 4.90 Å². The fraction of sp³-hybridized carbons (Fsp3) is 0.0667. The van der Waals surface area contributed by atoms with Gasteiger partial charge in [-0.3, -0.25) is 9.59 Å². The van der Waals surface area contributed by atoms with Crippen LogP contribution in [0.15, 0.2) is 40.9 Å². The number of hydrogen-bond donors (Lipinski definition) is 0. The summed E-state index contributed by atoms with van der Waals surface area (Å²) in [6, 6.07) is 10.3. The van der Waals surface area contributed by atoms with Crippen molar-refractivity contribution in [3.8, 4) is 0 Å². The monoisotopic (exact) mass is 383 g/mol. The molecule has 2 aromatic rings. The molecule has 0 N–H and O–H groups in total. The topological polar surface area (TPSA) is 37.4 Å². The van der Waals surface area contributed by atoms with Gasteiger partial charge in [-0.15, -0.1) is 0 Å². The van der Waals surface area contributed by atoms with Gasteiger partial charge in [0, 0.05) is 14.5 Å². The minimum atomic E-state index is -0.564. The summed E-state index contributed by atoms with van der Waals surface area (Å²) in [6.07, 6.45) is 0. The first-order chi connectivity index (χ1) is 9.97. The summed E-state index contributed by atoms with van der Waals surface area (Å²) in [5.41, 5.74) is 1.66. The van der Waals surface area contributed by atoms with Gasteiger partial charge in [-0.1, -0.05) is 45.2 Å². The number of halogens is 3. The molecule has 2 aromatic carbocycles. The SMILES string of the molecule is O=C1C(=O)N(Cc2ccc(Br)cc2Cl)c2ccc(Cl)cc21. The normalized spacial score (nSPS) is 13.8. The highest BCUT2D eigenvalue weighted by Gasteiger charge is 2.36. The molecule has 0 radical (unpaired) electrons. The maximum atomic E-state index is 12.1. The third kappa shape index (κ3) is 2.59. The van der Waals surface area contributed by atoms with Crippen LogP contribution in [0.1, 0.15) is 15.9 Å². The van der Waals surface area contributed by atoms with Gasteiger partial charge in [0.05, 0.1) is 17.8 Å². The van der Waals surface area contributed by atoms with Crippen molar-refractivity contribution in [3.05, 3.63) is 62.0 Å². The lowest BCUT2D eigenvalue weighted by Crippen LogP contribution is -2.29. The number of hydrogen-bond acceptors (Lipinski definition) is 2. The molecule has 0 unspecified atom stereocenters. The second-order valence-electron chi connectivity index (χ2n) is 4.62. The summed E-state index contributed by atoms with van der Waals surface area (Å²) in [5, 5.41) is 0.963. The summed E-state index contributed by atoms with van der Waals surface area (Å²) in [7, 11) is 0. The molecule has 6 heteroatoms. The lowest BCUT2D eigenvalue weighted by atomic mass is 10.1. The van der Waals surface area contributed by atoms with Crippen LogP contribution in [0.4, 0.5) is 5.69 Å². The van der Waals surface area contributed by atoms with Gasteiger partial charge in [-0.05, 0) is 35.9 Å². The zero-order valence-corrected chi connectivity index (χ0v) is 13.7. The number of carbonyl (C=O) groups excluding carboxylic acids is 2. The molecular weight excluding hydrogens is 377 g/mol. The van der Waals surface area contributed by atoms with Gasteiger partial charge in [-0.25, -0.2) is 0 Å². The first kappa shape index (κ1) is 14.6. The summed E-state index contributed by atoms with van der Waals surface area (Å²) in [5.74, 6) is -1.10. The van der Waals surface area contributed by atoms with Gasteiger partial charge in [0.15, 0.2) is 0 Å². The molecule has 1 aliphatic heterocycles. The van der Waals surface area contributed by atoms with Crippen molar-refractivity contribution in [1.82, 2.24) is 0 Å². The number of ketones is 1. The van der Waals surface area contributed by atoms with Gasteiger partial charge in [0.2, 0.25) is 0 Å². The van der Waals surface area contributed by atoms with E-state index in [1.165, 1.54) is 11.0 Å². The highest BCUT2D eigenvalue weighted by Crippen LogP contribution is 2.33. The Morgan fingerprint density at radius 2 is 1.81 bits per heavy atom. The van der Waals surface area contributed by atoms with Crippen LogP contribution in [0, 0.1) is 0 Å². The highest BCUT2D eigenvalue weighted by atomic mass is 79.9. The molecule has 0 fully saturated rings. The molecule has 21 heavy (non-hydrogen) atoms. The van der Waals surface area contributed by atoms with Crippen molar-refractivity contribution >= 4 is 56.5 Å². The third-order valence-corrected chi connectivity index (χ3v) is 4.36. The van der Waals surface area contributed by atoms with Crippen molar-refractivity contribution in [3.63, 3.8) is 0 Å². The van der Waals surface area contributed by atoms with Crippen LogP contribution in [-0.2, 0) is 11.3 Å². The molecule has 0 saturated carbocycles. The Kier molecular flexibility index (Phi) is 3.78. The van der Waals surface area contributed by atoms with E-state index in [-0.39, 0.29) is 6.54 Å². The second kappa shape index (κ2) is 5.44. The molecule has 0 aromatic heterocycles. The summed E-state index contributed by atoms with van der Waals surface area (Å²) < 4.78 is 0.854. The lowest BCUT2D eigenvalue weighted by molar-refractivity contribution is -0.114. The number of Topliss-reactive ketones (excluding diaryl/α,β-unsaturated/α-hetero) is 1. The number of rotatable bonds is 2. The minimum Gasteiger partial charge on any atom is -0.300 e. The maximum absolute atomic E-state index is 12.1. The maximum Gasteiger partial charge on any atom is 0.299 e. The standard InChI is InChI=1S/C15H8BrCl2NO2/c16-9-2-1-8(12(18)5-9)7-19-13-4-3-10(17)6-11(13)14(20)15(19)21/h1-6H,7H2. The molecule has 0 saturated heterocycles. The number of nitrogens with zero attached hydrogens (tertiary/aromatic N) is 1. The molecule has 106 valence electrons. The molecule has 1 heterocycles. The molecule has 0 bridgehead atoms. The predicted molar refractivity (Wildman–Crippen MR) is 86.1 cm³/mol. The fourth-order valence-corrected chi connectivity index (χ4v) is 3.16. The Bertz CT molecular complexity index is 776. The molecule has 1 aliphatic rings. The van der Waals surface area contributed by atoms with Gasteiger partial charge >= 0.3 is 0 Å². The Morgan fingerprint density at radius 1 is 1.05 bits per heavy atom. The van der Waals surface area contributed by atoms with E-state index in [2.05, 4.69) is 15.9 Å². The van der Waals surface area contributed by atoms with Crippen LogP contribution in [0.5, 0.6) is 0 Å². The summed E-state index contributed by atoms with van der Waals surface area (Å²) in [6.45, 7) is 0.241. The van der Waals surface area contributed by atoms with E-state index in [0.717, 1.165) is 10.0 Å². The first-order valence-corrected chi connectivity index (χ1v) is 7.62. The smallest absolute Gasteiger partial charge is 0.299 e. The van der Waals surface area contributed by atoms with Crippen LogP contribution in [0.2, 0.25) is 10.0 Å². The second-order valence-corrected chi connectivity index (χ2v) is 6.38. The predicted octanol–water partition coefficient (Wildman–Crippen LogP) is 4.49. The van der Waals surface area contributed by atoms with Gasteiger partial charge in [-0.2, -0.15) is 0 Å². The molecule has 0 atom stereocenters. The average Bonchev–Trinajstić information content (AvgIpc) is 2.66. The van der Waals surface area contributed by atoms with Crippen molar-refractivity contribution in [2.45, 2.75) is 6.54 Å². The highest BCUT2D eigenvalue weighted by molar-refractivity contribution is 9.10. The number of carbonyl (C=O) groups is 2. The Balaban J connectivity index is 2.00. The molecule has 0 aliphatic carbocycles. The van der Waals surface area contributed by atoms with E-state index in [9.17, 15) is 9.59 Å². The summed E-state index contributed by atoms with van der Waals surface area (Å²) >= 11 is 15.4. The Morgan fingerprint density at radius 3 is 2.52 bits per heavy atom. The Labute approximate surface area is 139 Å². The first-order valence-electron chi connectivity index (χ1n) is 6.07. The van der Waals surface area contributed by atoms with Crippen LogP contribution in [0.25, 0.3) is 0 Å². The van der Waals surface area contributed by atoms with Gasteiger partial charge in [0.1, 0.15) is 0 Å². The zero-order chi connectivity index (χ0) is 15.1. The zero-order valence-electron chi connectivity index (χ0n) is 10.6. The minimum absolute atomic E-state index is 0.241. The third-order valence-electron chi connectivity index (χ3n) is 3.28. The number of anilines is 1.